The third-order valence-corrected chi connectivity index (χ3v) is 7.60. The van der Waals surface area contributed by atoms with E-state index in [4.69, 9.17) is 9.72 Å². The van der Waals surface area contributed by atoms with Crippen LogP contribution in [0.15, 0.2) is 23.1 Å². The maximum absolute atomic E-state index is 13.4. The van der Waals surface area contributed by atoms with Crippen molar-refractivity contribution in [2.75, 3.05) is 50.5 Å². The SMILES string of the molecule is CSc1cccc2sc(N(CCN3CCOCC3)C(=O)C3CCCCC3)nc12. The first-order valence-electron chi connectivity index (χ1n) is 10.3. The van der Waals surface area contributed by atoms with Gasteiger partial charge in [0.2, 0.25) is 5.91 Å². The van der Waals surface area contributed by atoms with Gasteiger partial charge in [0.1, 0.15) is 0 Å². The van der Waals surface area contributed by atoms with E-state index in [9.17, 15) is 4.79 Å². The molecule has 1 aromatic heterocycles. The zero-order chi connectivity index (χ0) is 19.3. The van der Waals surface area contributed by atoms with E-state index < -0.39 is 0 Å². The van der Waals surface area contributed by atoms with Gasteiger partial charge in [-0.3, -0.25) is 14.6 Å². The Kier molecular flexibility index (Phi) is 6.88. The van der Waals surface area contributed by atoms with Crippen molar-refractivity contribution in [2.45, 2.75) is 37.0 Å². The molecule has 2 aliphatic rings. The summed E-state index contributed by atoms with van der Waals surface area (Å²) in [5, 5.41) is 0.861. The summed E-state index contributed by atoms with van der Waals surface area (Å²) in [6.45, 7) is 5.06. The number of benzene rings is 1. The molecule has 28 heavy (non-hydrogen) atoms. The van der Waals surface area contributed by atoms with Gasteiger partial charge in [-0.25, -0.2) is 4.98 Å². The first kappa shape index (κ1) is 20.1. The van der Waals surface area contributed by atoms with E-state index in [0.717, 1.165) is 61.0 Å². The Morgan fingerprint density at radius 3 is 2.82 bits per heavy atom. The van der Waals surface area contributed by atoms with Crippen LogP contribution in [-0.2, 0) is 9.53 Å². The molecule has 1 aliphatic carbocycles. The second-order valence-electron chi connectivity index (χ2n) is 7.58. The summed E-state index contributed by atoms with van der Waals surface area (Å²) < 4.78 is 6.63. The molecule has 2 aromatic rings. The summed E-state index contributed by atoms with van der Waals surface area (Å²) in [6, 6.07) is 6.30. The molecule has 0 unspecified atom stereocenters. The largest absolute Gasteiger partial charge is 0.379 e. The molecule has 4 rings (SSSR count). The zero-order valence-electron chi connectivity index (χ0n) is 16.6. The van der Waals surface area contributed by atoms with Gasteiger partial charge in [-0.05, 0) is 31.2 Å². The molecule has 0 radical (unpaired) electrons. The highest BCUT2D eigenvalue weighted by Gasteiger charge is 2.29. The molecular weight excluding hydrogens is 390 g/mol. The molecule has 2 fully saturated rings. The van der Waals surface area contributed by atoms with Crippen molar-refractivity contribution >= 4 is 44.4 Å². The number of nitrogens with zero attached hydrogens (tertiary/aromatic N) is 3. The van der Waals surface area contributed by atoms with Crippen LogP contribution in [0.3, 0.4) is 0 Å². The number of thioether (sulfide) groups is 1. The van der Waals surface area contributed by atoms with Gasteiger partial charge in [0.15, 0.2) is 5.13 Å². The third kappa shape index (κ3) is 4.53. The zero-order valence-corrected chi connectivity index (χ0v) is 18.2. The number of carbonyl (C=O) groups excluding carboxylic acids is 1. The summed E-state index contributed by atoms with van der Waals surface area (Å²) in [7, 11) is 0. The van der Waals surface area contributed by atoms with Crippen LogP contribution in [0.25, 0.3) is 10.2 Å². The van der Waals surface area contributed by atoms with Gasteiger partial charge in [-0.15, -0.1) is 11.8 Å². The van der Waals surface area contributed by atoms with Crippen LogP contribution in [0.1, 0.15) is 32.1 Å². The van der Waals surface area contributed by atoms with Gasteiger partial charge < -0.3 is 4.74 Å². The normalized spacial score (nSPS) is 19.2. The van der Waals surface area contributed by atoms with Crippen LogP contribution in [0, 0.1) is 5.92 Å². The molecule has 1 aliphatic heterocycles. The van der Waals surface area contributed by atoms with Crippen molar-refractivity contribution < 1.29 is 9.53 Å². The van der Waals surface area contributed by atoms with E-state index in [1.54, 1.807) is 23.1 Å². The lowest BCUT2D eigenvalue weighted by Crippen LogP contribution is -2.45. The molecule has 152 valence electrons. The summed E-state index contributed by atoms with van der Waals surface area (Å²) in [5.74, 6) is 0.434. The predicted octanol–water partition coefficient (Wildman–Crippen LogP) is 4.26. The molecule has 1 saturated heterocycles. The second-order valence-corrected chi connectivity index (χ2v) is 9.44. The standard InChI is InChI=1S/C21H29N3O2S2/c1-27-17-8-5-9-18-19(17)22-21(28-18)24(11-10-23-12-14-26-15-13-23)20(25)16-6-3-2-4-7-16/h5,8-9,16H,2-4,6-7,10-15H2,1H3. The number of hydrogen-bond donors (Lipinski definition) is 0. The van der Waals surface area contributed by atoms with Gasteiger partial charge in [0, 0.05) is 37.0 Å². The number of fused-ring (bicyclic) bond motifs is 1. The summed E-state index contributed by atoms with van der Waals surface area (Å²) in [5.41, 5.74) is 1.03. The first-order chi connectivity index (χ1) is 13.8. The minimum absolute atomic E-state index is 0.158. The molecular formula is C21H29N3O2S2. The first-order valence-corrected chi connectivity index (χ1v) is 12.4. The Labute approximate surface area is 175 Å². The number of carbonyl (C=O) groups is 1. The minimum Gasteiger partial charge on any atom is -0.379 e. The number of hydrogen-bond acceptors (Lipinski definition) is 6. The molecule has 7 heteroatoms. The van der Waals surface area contributed by atoms with Crippen molar-refractivity contribution in [3.63, 3.8) is 0 Å². The molecule has 0 spiro atoms. The monoisotopic (exact) mass is 419 g/mol. The summed E-state index contributed by atoms with van der Waals surface area (Å²) in [4.78, 5) is 23.9. The molecule has 1 amide bonds. The maximum atomic E-state index is 13.4. The van der Waals surface area contributed by atoms with Gasteiger partial charge in [-0.2, -0.15) is 0 Å². The average Bonchev–Trinajstić information content (AvgIpc) is 3.19. The van der Waals surface area contributed by atoms with Crippen molar-refractivity contribution in [1.29, 1.82) is 0 Å². The van der Waals surface area contributed by atoms with Crippen LogP contribution in [-0.4, -0.2) is 61.4 Å². The predicted molar refractivity (Wildman–Crippen MR) is 118 cm³/mol. The number of para-hydroxylation sites is 1. The minimum atomic E-state index is 0.158. The van der Waals surface area contributed by atoms with Crippen LogP contribution >= 0.6 is 23.1 Å². The lowest BCUT2D eigenvalue weighted by Gasteiger charge is -2.31. The van der Waals surface area contributed by atoms with E-state index in [1.165, 1.54) is 24.2 Å². The van der Waals surface area contributed by atoms with Gasteiger partial charge in [-0.1, -0.05) is 36.7 Å². The number of morpholine rings is 1. The maximum Gasteiger partial charge on any atom is 0.231 e. The Morgan fingerprint density at radius 1 is 1.29 bits per heavy atom. The van der Waals surface area contributed by atoms with E-state index in [2.05, 4.69) is 29.4 Å². The van der Waals surface area contributed by atoms with Gasteiger partial charge in [0.25, 0.3) is 0 Å². The van der Waals surface area contributed by atoms with E-state index in [1.807, 2.05) is 4.90 Å². The highest BCUT2D eigenvalue weighted by molar-refractivity contribution is 7.98. The van der Waals surface area contributed by atoms with E-state index in [0.29, 0.717) is 6.54 Å². The Balaban J connectivity index is 1.58. The number of anilines is 1. The summed E-state index contributed by atoms with van der Waals surface area (Å²) in [6.07, 6.45) is 7.73. The second kappa shape index (κ2) is 9.57. The van der Waals surface area contributed by atoms with Crippen LogP contribution in [0.2, 0.25) is 0 Å². The van der Waals surface area contributed by atoms with Crippen molar-refractivity contribution in [3.05, 3.63) is 18.2 Å². The van der Waals surface area contributed by atoms with E-state index >= 15 is 0 Å². The molecule has 1 saturated carbocycles. The lowest BCUT2D eigenvalue weighted by atomic mass is 9.88. The molecule has 5 nitrogen and oxygen atoms in total. The van der Waals surface area contributed by atoms with Gasteiger partial charge >= 0.3 is 0 Å². The van der Waals surface area contributed by atoms with Crippen molar-refractivity contribution in [1.82, 2.24) is 9.88 Å². The van der Waals surface area contributed by atoms with Crippen LogP contribution in [0.5, 0.6) is 0 Å². The van der Waals surface area contributed by atoms with Crippen molar-refractivity contribution in [2.24, 2.45) is 5.92 Å². The fourth-order valence-electron chi connectivity index (χ4n) is 4.13. The molecule has 1 aromatic carbocycles. The Bertz CT molecular complexity index is 798. The molecule has 0 bridgehead atoms. The highest BCUT2D eigenvalue weighted by Crippen LogP contribution is 2.35. The number of ether oxygens (including phenoxy) is 1. The lowest BCUT2D eigenvalue weighted by molar-refractivity contribution is -0.123. The van der Waals surface area contributed by atoms with Crippen LogP contribution in [0.4, 0.5) is 5.13 Å². The fraction of sp³-hybridized carbons (Fsp3) is 0.619. The number of amides is 1. The summed E-state index contributed by atoms with van der Waals surface area (Å²) >= 11 is 3.37. The van der Waals surface area contributed by atoms with Crippen molar-refractivity contribution in [3.8, 4) is 0 Å². The number of rotatable bonds is 6. The molecule has 2 heterocycles. The van der Waals surface area contributed by atoms with E-state index in [-0.39, 0.29) is 11.8 Å². The smallest absolute Gasteiger partial charge is 0.231 e. The molecule has 0 atom stereocenters. The number of thiazole rings is 1. The quantitative estimate of drug-likeness (QED) is 0.655. The fourth-order valence-corrected chi connectivity index (χ4v) is 5.78. The highest BCUT2D eigenvalue weighted by atomic mass is 32.2. The Morgan fingerprint density at radius 2 is 2.07 bits per heavy atom. The third-order valence-electron chi connectivity index (χ3n) is 5.79. The molecule has 0 N–H and O–H groups in total. The Hall–Kier alpha value is -1.15. The van der Waals surface area contributed by atoms with Gasteiger partial charge in [0.05, 0.1) is 23.4 Å². The topological polar surface area (TPSA) is 45.7 Å². The van der Waals surface area contributed by atoms with Crippen LogP contribution < -0.4 is 4.90 Å². The number of aromatic nitrogens is 1. The average molecular weight is 420 g/mol.